The van der Waals surface area contributed by atoms with Crippen LogP contribution in [-0.2, 0) is 10.1 Å². The number of hydrogen-bond acceptors (Lipinski definition) is 5. The summed E-state index contributed by atoms with van der Waals surface area (Å²) in [6.45, 7) is 0. The van der Waals surface area contributed by atoms with E-state index in [0.717, 1.165) is 10.7 Å². The van der Waals surface area contributed by atoms with E-state index in [2.05, 4.69) is 15.9 Å². The lowest BCUT2D eigenvalue weighted by Gasteiger charge is -2.07. The summed E-state index contributed by atoms with van der Waals surface area (Å²) in [7, 11) is -3.96. The molecule has 2 aromatic rings. The summed E-state index contributed by atoms with van der Waals surface area (Å²) in [5.41, 5.74) is 0.459. The van der Waals surface area contributed by atoms with Crippen LogP contribution in [0.2, 0.25) is 0 Å². The van der Waals surface area contributed by atoms with Crippen molar-refractivity contribution in [3.05, 3.63) is 74.9 Å². The van der Waals surface area contributed by atoms with E-state index < -0.39 is 15.0 Å². The van der Waals surface area contributed by atoms with Gasteiger partial charge in [-0.05, 0) is 42.0 Å². The molecule has 6 nitrogen and oxygen atoms in total. The molecule has 2 aromatic carbocycles. The predicted molar refractivity (Wildman–Crippen MR) is 84.4 cm³/mol. The van der Waals surface area contributed by atoms with E-state index in [1.165, 1.54) is 30.3 Å². The van der Waals surface area contributed by atoms with Crippen molar-refractivity contribution in [2.24, 2.45) is 0 Å². The topological polar surface area (TPSA) is 86.5 Å². The zero-order valence-corrected chi connectivity index (χ0v) is 13.5. The molecule has 0 radical (unpaired) electrons. The number of benzene rings is 2. The SMILES string of the molecule is O=[N+]([O-])C=Cc1cccc(OS(=O)(=O)c2ccc(Br)cc2)c1. The number of nitro groups is 1. The maximum Gasteiger partial charge on any atom is 0.339 e. The summed E-state index contributed by atoms with van der Waals surface area (Å²) in [4.78, 5) is 9.70. The van der Waals surface area contributed by atoms with Crippen LogP contribution in [0.4, 0.5) is 0 Å². The van der Waals surface area contributed by atoms with Crippen LogP contribution in [-0.4, -0.2) is 13.3 Å². The van der Waals surface area contributed by atoms with Gasteiger partial charge in [0.05, 0.1) is 4.92 Å². The minimum Gasteiger partial charge on any atom is -0.379 e. The highest BCUT2D eigenvalue weighted by molar-refractivity contribution is 9.10. The molecule has 0 aliphatic carbocycles. The van der Waals surface area contributed by atoms with Gasteiger partial charge in [-0.1, -0.05) is 28.1 Å². The quantitative estimate of drug-likeness (QED) is 0.448. The van der Waals surface area contributed by atoms with Gasteiger partial charge < -0.3 is 4.18 Å². The van der Waals surface area contributed by atoms with Crippen LogP contribution < -0.4 is 4.18 Å². The zero-order chi connectivity index (χ0) is 16.2. The van der Waals surface area contributed by atoms with E-state index in [9.17, 15) is 18.5 Å². The van der Waals surface area contributed by atoms with Crippen molar-refractivity contribution in [1.29, 1.82) is 0 Å². The zero-order valence-electron chi connectivity index (χ0n) is 11.0. The second kappa shape index (κ2) is 6.71. The van der Waals surface area contributed by atoms with Crippen molar-refractivity contribution in [3.63, 3.8) is 0 Å². The molecule has 0 atom stereocenters. The fraction of sp³-hybridized carbons (Fsp3) is 0. The molecule has 0 aliphatic rings. The summed E-state index contributed by atoms with van der Waals surface area (Å²) in [6, 6.07) is 12.0. The van der Waals surface area contributed by atoms with Gasteiger partial charge >= 0.3 is 10.1 Å². The van der Waals surface area contributed by atoms with Crippen molar-refractivity contribution in [1.82, 2.24) is 0 Å². The van der Waals surface area contributed by atoms with E-state index in [4.69, 9.17) is 4.18 Å². The van der Waals surface area contributed by atoms with Gasteiger partial charge in [-0.25, -0.2) is 0 Å². The average molecular weight is 384 g/mol. The van der Waals surface area contributed by atoms with Crippen molar-refractivity contribution < 1.29 is 17.5 Å². The first-order chi connectivity index (χ1) is 10.4. The first-order valence-corrected chi connectivity index (χ1v) is 8.19. The largest absolute Gasteiger partial charge is 0.379 e. The Kier molecular flexibility index (Phi) is 4.94. The summed E-state index contributed by atoms with van der Waals surface area (Å²) < 4.78 is 30.0. The maximum atomic E-state index is 12.1. The molecule has 22 heavy (non-hydrogen) atoms. The van der Waals surface area contributed by atoms with Crippen LogP contribution in [0, 0.1) is 10.1 Å². The van der Waals surface area contributed by atoms with Gasteiger partial charge in [0.15, 0.2) is 0 Å². The predicted octanol–water partition coefficient (Wildman–Crippen LogP) is 3.46. The molecule has 0 heterocycles. The molecule has 0 saturated carbocycles. The molecule has 2 rings (SSSR count). The molecule has 0 fully saturated rings. The summed E-state index contributed by atoms with van der Waals surface area (Å²) in [5.74, 6) is 0.0772. The third-order valence-electron chi connectivity index (χ3n) is 2.56. The molecule has 0 bridgehead atoms. The molecular weight excluding hydrogens is 374 g/mol. The van der Waals surface area contributed by atoms with Crippen LogP contribution in [0.1, 0.15) is 5.56 Å². The lowest BCUT2D eigenvalue weighted by molar-refractivity contribution is -0.400. The third-order valence-corrected chi connectivity index (χ3v) is 4.35. The summed E-state index contributed by atoms with van der Waals surface area (Å²) in [6.07, 6.45) is 2.02. The Morgan fingerprint density at radius 3 is 2.45 bits per heavy atom. The van der Waals surface area contributed by atoms with Crippen molar-refractivity contribution in [2.45, 2.75) is 4.90 Å². The van der Waals surface area contributed by atoms with E-state index in [-0.39, 0.29) is 10.6 Å². The molecule has 0 amide bonds. The minimum atomic E-state index is -3.96. The van der Waals surface area contributed by atoms with E-state index in [1.807, 2.05) is 0 Å². The number of hydrogen-bond donors (Lipinski definition) is 0. The van der Waals surface area contributed by atoms with Gasteiger partial charge in [0.25, 0.3) is 0 Å². The number of halogens is 1. The fourth-order valence-corrected chi connectivity index (χ4v) is 2.78. The van der Waals surface area contributed by atoms with Gasteiger partial charge in [-0.2, -0.15) is 8.42 Å². The Morgan fingerprint density at radius 1 is 1.14 bits per heavy atom. The maximum absolute atomic E-state index is 12.1. The first kappa shape index (κ1) is 16.2. The second-order valence-electron chi connectivity index (χ2n) is 4.16. The molecule has 0 aliphatic heterocycles. The standard InChI is InChI=1S/C14H10BrNO5S/c15-12-4-6-14(7-5-12)22(19,20)21-13-3-1-2-11(10-13)8-9-16(17)18/h1-10H. The van der Waals surface area contributed by atoms with Gasteiger partial charge in [0.1, 0.15) is 10.6 Å². The van der Waals surface area contributed by atoms with Crippen LogP contribution >= 0.6 is 15.9 Å². The van der Waals surface area contributed by atoms with Crippen molar-refractivity contribution in [3.8, 4) is 5.75 Å². The third kappa shape index (κ3) is 4.40. The number of nitrogens with zero attached hydrogens (tertiary/aromatic N) is 1. The minimum absolute atomic E-state index is 0.0157. The molecular formula is C14H10BrNO5S. The number of rotatable bonds is 5. The lowest BCUT2D eigenvalue weighted by Crippen LogP contribution is -2.09. The van der Waals surface area contributed by atoms with E-state index in [0.29, 0.717) is 5.56 Å². The lowest BCUT2D eigenvalue weighted by atomic mass is 10.2. The van der Waals surface area contributed by atoms with Crippen molar-refractivity contribution in [2.75, 3.05) is 0 Å². The molecule has 114 valence electrons. The fourth-order valence-electron chi connectivity index (χ4n) is 1.59. The van der Waals surface area contributed by atoms with Crippen LogP contribution in [0.3, 0.4) is 0 Å². The Bertz CT molecular complexity index is 815. The van der Waals surface area contributed by atoms with Gasteiger partial charge in [0.2, 0.25) is 6.20 Å². The Balaban J connectivity index is 2.24. The Labute approximate surface area is 135 Å². The van der Waals surface area contributed by atoms with Crippen molar-refractivity contribution >= 4 is 32.1 Å². The molecule has 0 saturated heterocycles. The molecule has 0 unspecified atom stereocenters. The van der Waals surface area contributed by atoms with Gasteiger partial charge in [-0.3, -0.25) is 10.1 Å². The summed E-state index contributed by atoms with van der Waals surface area (Å²) in [5, 5.41) is 10.3. The molecule has 0 N–H and O–H groups in total. The van der Waals surface area contributed by atoms with Gasteiger partial charge in [-0.15, -0.1) is 0 Å². The Hall–Kier alpha value is -2.19. The molecule has 0 aromatic heterocycles. The van der Waals surface area contributed by atoms with E-state index in [1.54, 1.807) is 24.3 Å². The highest BCUT2D eigenvalue weighted by Gasteiger charge is 2.16. The monoisotopic (exact) mass is 383 g/mol. The normalized spacial score (nSPS) is 11.5. The van der Waals surface area contributed by atoms with Crippen LogP contribution in [0.5, 0.6) is 5.75 Å². The highest BCUT2D eigenvalue weighted by Crippen LogP contribution is 2.21. The average Bonchev–Trinajstić information content (AvgIpc) is 2.45. The smallest absolute Gasteiger partial charge is 0.339 e. The molecule has 0 spiro atoms. The highest BCUT2D eigenvalue weighted by atomic mass is 79.9. The van der Waals surface area contributed by atoms with Crippen LogP contribution in [0.15, 0.2) is 64.1 Å². The van der Waals surface area contributed by atoms with Gasteiger partial charge in [0, 0.05) is 10.5 Å². The first-order valence-electron chi connectivity index (χ1n) is 5.99. The Morgan fingerprint density at radius 2 is 1.82 bits per heavy atom. The van der Waals surface area contributed by atoms with Crippen LogP contribution in [0.25, 0.3) is 6.08 Å². The molecule has 8 heteroatoms. The summed E-state index contributed by atoms with van der Waals surface area (Å²) >= 11 is 3.22. The second-order valence-corrected chi connectivity index (χ2v) is 6.63. The van der Waals surface area contributed by atoms with E-state index >= 15 is 0 Å².